The molecule has 0 spiro atoms. The molecule has 0 fully saturated rings. The fourth-order valence-corrected chi connectivity index (χ4v) is 1.36. The number of rotatable bonds is 6. The number of allylic oxidation sites excluding steroid dienone is 4. The average molecular weight is 303 g/mol. The first-order chi connectivity index (χ1) is 8.76. The Kier molecular flexibility index (Phi) is 6.51. The summed E-state index contributed by atoms with van der Waals surface area (Å²) in [6.45, 7) is 7.29. The second kappa shape index (κ2) is 8.25. The van der Waals surface area contributed by atoms with E-state index in [0.717, 1.165) is 15.9 Å². The van der Waals surface area contributed by atoms with E-state index in [9.17, 15) is 0 Å². The highest BCUT2D eigenvalue weighted by Crippen LogP contribution is 2.08. The lowest BCUT2D eigenvalue weighted by atomic mass is 10.3. The molecule has 2 nitrogen and oxygen atoms in total. The van der Waals surface area contributed by atoms with Gasteiger partial charge in [0.25, 0.3) is 0 Å². The van der Waals surface area contributed by atoms with Crippen LogP contribution in [0.25, 0.3) is 0 Å². The standard InChI is InChI=1S/C15H15BrN2/c1-3-8-14(4-2)17-11-13(16)12-18-15-9-6-5-7-10-15/h3-12,18H,1-2H2/b13-12-,14-8+,17-11+. The number of hydrogen-bond donors (Lipinski definition) is 1. The van der Waals surface area contributed by atoms with Crippen molar-refractivity contribution in [2.45, 2.75) is 0 Å². The molecule has 0 saturated carbocycles. The van der Waals surface area contributed by atoms with E-state index in [-0.39, 0.29) is 0 Å². The molecule has 0 aliphatic carbocycles. The molecule has 1 aromatic rings. The lowest BCUT2D eigenvalue weighted by Gasteiger charge is -1.99. The average Bonchev–Trinajstić information content (AvgIpc) is 2.42. The van der Waals surface area contributed by atoms with E-state index >= 15 is 0 Å². The zero-order valence-corrected chi connectivity index (χ0v) is 11.6. The molecule has 0 amide bonds. The van der Waals surface area contributed by atoms with Crippen LogP contribution in [0.2, 0.25) is 0 Å². The first-order valence-corrected chi connectivity index (χ1v) is 6.22. The Bertz CT molecular complexity index is 484. The first kappa shape index (κ1) is 14.2. The fourth-order valence-electron chi connectivity index (χ4n) is 1.14. The van der Waals surface area contributed by atoms with Gasteiger partial charge in [0.1, 0.15) is 0 Å². The fraction of sp³-hybridized carbons (Fsp3) is 0. The summed E-state index contributed by atoms with van der Waals surface area (Å²) in [5, 5.41) is 3.15. The molecule has 0 aromatic heterocycles. The lowest BCUT2D eigenvalue weighted by molar-refractivity contribution is 1.43. The van der Waals surface area contributed by atoms with E-state index in [0.29, 0.717) is 0 Å². The second-order valence-corrected chi connectivity index (χ2v) is 4.24. The molecule has 18 heavy (non-hydrogen) atoms. The van der Waals surface area contributed by atoms with Gasteiger partial charge in [-0.05, 0) is 40.2 Å². The number of benzene rings is 1. The number of hydrogen-bond acceptors (Lipinski definition) is 2. The Balaban J connectivity index is 2.62. The van der Waals surface area contributed by atoms with E-state index in [4.69, 9.17) is 0 Å². The van der Waals surface area contributed by atoms with Crippen LogP contribution in [-0.4, -0.2) is 6.21 Å². The maximum absolute atomic E-state index is 4.24. The predicted octanol–water partition coefficient (Wildman–Crippen LogP) is 4.66. The SMILES string of the molecule is C=C/C=C(C=C)/N=C/C(Br)=C/Nc1ccccc1. The van der Waals surface area contributed by atoms with Crippen LogP contribution in [0.1, 0.15) is 0 Å². The molecule has 0 aliphatic heterocycles. The Hall–Kier alpha value is -1.87. The minimum absolute atomic E-state index is 0.759. The minimum atomic E-state index is 0.759. The van der Waals surface area contributed by atoms with E-state index in [2.05, 4.69) is 39.4 Å². The van der Waals surface area contributed by atoms with Crippen LogP contribution in [0.3, 0.4) is 0 Å². The zero-order chi connectivity index (χ0) is 13.2. The Morgan fingerprint density at radius 1 is 1.22 bits per heavy atom. The quantitative estimate of drug-likeness (QED) is 0.600. The number of para-hydroxylation sites is 1. The van der Waals surface area contributed by atoms with Crippen LogP contribution in [-0.2, 0) is 0 Å². The van der Waals surface area contributed by atoms with E-state index in [1.165, 1.54) is 0 Å². The van der Waals surface area contributed by atoms with Crippen molar-refractivity contribution in [3.8, 4) is 0 Å². The van der Waals surface area contributed by atoms with Gasteiger partial charge in [-0.25, -0.2) is 0 Å². The van der Waals surface area contributed by atoms with Gasteiger partial charge in [0.15, 0.2) is 0 Å². The Morgan fingerprint density at radius 3 is 2.56 bits per heavy atom. The van der Waals surface area contributed by atoms with Gasteiger partial charge in [-0.15, -0.1) is 0 Å². The lowest BCUT2D eigenvalue weighted by Crippen LogP contribution is -1.88. The molecule has 0 unspecified atom stereocenters. The van der Waals surface area contributed by atoms with Gasteiger partial charge in [-0.2, -0.15) is 0 Å². The van der Waals surface area contributed by atoms with Gasteiger partial charge < -0.3 is 5.32 Å². The van der Waals surface area contributed by atoms with E-state index in [1.807, 2.05) is 36.5 Å². The molecule has 92 valence electrons. The smallest absolute Gasteiger partial charge is 0.0623 e. The largest absolute Gasteiger partial charge is 0.361 e. The molecule has 0 heterocycles. The Morgan fingerprint density at radius 2 is 1.94 bits per heavy atom. The summed E-state index contributed by atoms with van der Waals surface area (Å²) in [7, 11) is 0. The molecule has 1 N–H and O–H groups in total. The van der Waals surface area contributed by atoms with Gasteiger partial charge >= 0.3 is 0 Å². The molecular weight excluding hydrogens is 288 g/mol. The number of halogens is 1. The van der Waals surface area contributed by atoms with Crippen LogP contribution in [0, 0.1) is 0 Å². The maximum Gasteiger partial charge on any atom is 0.0623 e. The third-order valence-electron chi connectivity index (χ3n) is 1.99. The van der Waals surface area contributed by atoms with Crippen molar-refractivity contribution in [3.63, 3.8) is 0 Å². The molecule has 0 radical (unpaired) electrons. The highest BCUT2D eigenvalue weighted by Gasteiger charge is 1.89. The Labute approximate surface area is 116 Å². The number of aliphatic imine (C=N–C) groups is 1. The molecule has 0 aliphatic rings. The highest BCUT2D eigenvalue weighted by atomic mass is 79.9. The van der Waals surface area contributed by atoms with Gasteiger partial charge in [0, 0.05) is 18.1 Å². The predicted molar refractivity (Wildman–Crippen MR) is 84.0 cm³/mol. The van der Waals surface area contributed by atoms with Crippen molar-refractivity contribution < 1.29 is 0 Å². The number of nitrogens with one attached hydrogen (secondary N) is 1. The van der Waals surface area contributed by atoms with Crippen molar-refractivity contribution in [3.05, 3.63) is 78.1 Å². The topological polar surface area (TPSA) is 24.4 Å². The zero-order valence-electron chi connectivity index (χ0n) is 10.0. The first-order valence-electron chi connectivity index (χ1n) is 5.42. The summed E-state index contributed by atoms with van der Waals surface area (Å²) in [5.74, 6) is 0. The monoisotopic (exact) mass is 302 g/mol. The maximum atomic E-state index is 4.24. The molecule has 1 aromatic carbocycles. The van der Waals surface area contributed by atoms with E-state index < -0.39 is 0 Å². The summed E-state index contributed by atoms with van der Waals surface area (Å²) < 4.78 is 0.836. The number of anilines is 1. The minimum Gasteiger partial charge on any atom is -0.361 e. The third kappa shape index (κ3) is 5.46. The van der Waals surface area contributed by atoms with E-state index in [1.54, 1.807) is 24.4 Å². The van der Waals surface area contributed by atoms with Gasteiger partial charge in [-0.1, -0.05) is 37.4 Å². The van der Waals surface area contributed by atoms with Crippen molar-refractivity contribution in [1.82, 2.24) is 0 Å². The van der Waals surface area contributed by atoms with Crippen LogP contribution >= 0.6 is 15.9 Å². The van der Waals surface area contributed by atoms with Gasteiger partial charge in [0.2, 0.25) is 0 Å². The molecule has 1 rings (SSSR count). The summed E-state index contributed by atoms with van der Waals surface area (Å²) in [6.07, 6.45) is 8.66. The van der Waals surface area contributed by atoms with Crippen LogP contribution < -0.4 is 5.32 Å². The van der Waals surface area contributed by atoms with Gasteiger partial charge in [0.05, 0.1) is 10.2 Å². The molecule has 0 atom stereocenters. The molecule has 0 bridgehead atoms. The van der Waals surface area contributed by atoms with Crippen LogP contribution in [0.4, 0.5) is 5.69 Å². The summed E-state index contributed by atoms with van der Waals surface area (Å²) in [5.41, 5.74) is 1.78. The van der Waals surface area contributed by atoms with Gasteiger partial charge in [-0.3, -0.25) is 4.99 Å². The van der Waals surface area contributed by atoms with Crippen molar-refractivity contribution in [1.29, 1.82) is 0 Å². The molecule has 3 heteroatoms. The molecular formula is C15H15BrN2. The van der Waals surface area contributed by atoms with Crippen LogP contribution in [0.15, 0.2) is 83.1 Å². The van der Waals surface area contributed by atoms with Crippen molar-refractivity contribution in [2.24, 2.45) is 4.99 Å². The summed E-state index contributed by atoms with van der Waals surface area (Å²) in [6, 6.07) is 9.89. The van der Waals surface area contributed by atoms with Crippen LogP contribution in [0.5, 0.6) is 0 Å². The third-order valence-corrected chi connectivity index (χ3v) is 2.42. The van der Waals surface area contributed by atoms with Crippen molar-refractivity contribution >= 4 is 27.8 Å². The van der Waals surface area contributed by atoms with Crippen molar-refractivity contribution in [2.75, 3.05) is 5.32 Å². The second-order valence-electron chi connectivity index (χ2n) is 3.33. The normalized spacial score (nSPS) is 12.5. The number of nitrogens with zero attached hydrogens (tertiary/aromatic N) is 1. The summed E-state index contributed by atoms with van der Waals surface area (Å²) in [4.78, 5) is 4.24. The highest BCUT2D eigenvalue weighted by molar-refractivity contribution is 9.12. The summed E-state index contributed by atoms with van der Waals surface area (Å²) >= 11 is 3.41. The molecule has 0 saturated heterocycles.